The molecular formula is C22H21FN2O3S. The SMILES string of the molecule is CN1CC=C(c2cn(S(=O)(=O)c3ccc4c(c3)CCO4)c3ccc(F)cc23)CC1. The van der Waals surface area contributed by atoms with E-state index in [4.69, 9.17) is 4.74 Å². The van der Waals surface area contributed by atoms with Crippen LogP contribution in [0.15, 0.2) is 53.6 Å². The van der Waals surface area contributed by atoms with Gasteiger partial charge in [-0.1, -0.05) is 6.08 Å². The zero-order valence-electron chi connectivity index (χ0n) is 16.1. The Hall–Kier alpha value is -2.64. The average molecular weight is 412 g/mol. The van der Waals surface area contributed by atoms with E-state index < -0.39 is 10.0 Å². The van der Waals surface area contributed by atoms with Gasteiger partial charge in [-0.25, -0.2) is 16.8 Å². The fraction of sp³-hybridized carbons (Fsp3) is 0.273. The Morgan fingerprint density at radius 1 is 1.10 bits per heavy atom. The Morgan fingerprint density at radius 3 is 2.76 bits per heavy atom. The molecule has 29 heavy (non-hydrogen) atoms. The first-order valence-corrected chi connectivity index (χ1v) is 11.1. The van der Waals surface area contributed by atoms with Gasteiger partial charge in [-0.05, 0) is 61.0 Å². The molecule has 0 saturated heterocycles. The van der Waals surface area contributed by atoms with E-state index in [1.165, 1.54) is 22.2 Å². The topological polar surface area (TPSA) is 51.5 Å². The van der Waals surface area contributed by atoms with Crippen LogP contribution in [0, 0.1) is 5.82 Å². The number of nitrogens with zero attached hydrogens (tertiary/aromatic N) is 2. The van der Waals surface area contributed by atoms with Crippen LogP contribution in [0.25, 0.3) is 16.5 Å². The summed E-state index contributed by atoms with van der Waals surface area (Å²) in [4.78, 5) is 2.40. The summed E-state index contributed by atoms with van der Waals surface area (Å²) in [6.45, 7) is 2.23. The van der Waals surface area contributed by atoms with E-state index in [0.717, 1.165) is 42.0 Å². The Balaban J connectivity index is 1.69. The van der Waals surface area contributed by atoms with Crippen LogP contribution in [-0.2, 0) is 16.4 Å². The van der Waals surface area contributed by atoms with E-state index in [0.29, 0.717) is 23.9 Å². The molecule has 2 aromatic carbocycles. The molecule has 150 valence electrons. The van der Waals surface area contributed by atoms with Gasteiger partial charge in [0.25, 0.3) is 10.0 Å². The third kappa shape index (κ3) is 3.05. The molecule has 1 aromatic heterocycles. The minimum absolute atomic E-state index is 0.215. The van der Waals surface area contributed by atoms with Gasteiger partial charge in [-0.3, -0.25) is 0 Å². The van der Waals surface area contributed by atoms with E-state index in [1.54, 1.807) is 24.4 Å². The molecule has 0 radical (unpaired) electrons. The predicted octanol–water partition coefficient (Wildman–Crippen LogP) is 3.67. The number of ether oxygens (including phenoxy) is 1. The van der Waals surface area contributed by atoms with Crippen molar-refractivity contribution in [2.24, 2.45) is 0 Å². The minimum Gasteiger partial charge on any atom is -0.493 e. The summed E-state index contributed by atoms with van der Waals surface area (Å²) in [5, 5.41) is 0.619. The number of hydrogen-bond donors (Lipinski definition) is 0. The average Bonchev–Trinajstić information content (AvgIpc) is 3.32. The standard InChI is InChI=1S/C22H21FN2O3S/c1-24-9-6-15(7-10-24)20-14-25(21-4-2-17(23)13-19(20)21)29(26,27)18-3-5-22-16(12-18)8-11-28-22/h2-6,12-14H,7-11H2,1H3. The maximum atomic E-state index is 14.0. The summed E-state index contributed by atoms with van der Waals surface area (Å²) in [5.74, 6) is 0.359. The van der Waals surface area contributed by atoms with Gasteiger partial charge in [0.2, 0.25) is 0 Å². The number of halogens is 1. The molecule has 0 bridgehead atoms. The van der Waals surface area contributed by atoms with Gasteiger partial charge in [0.15, 0.2) is 0 Å². The lowest BCUT2D eigenvalue weighted by Crippen LogP contribution is -2.23. The summed E-state index contributed by atoms with van der Waals surface area (Å²) < 4.78 is 47.8. The third-order valence-corrected chi connectivity index (χ3v) is 7.38. The van der Waals surface area contributed by atoms with Crippen molar-refractivity contribution < 1.29 is 17.5 Å². The number of rotatable bonds is 3. The smallest absolute Gasteiger partial charge is 0.268 e. The van der Waals surface area contributed by atoms with E-state index in [-0.39, 0.29) is 10.7 Å². The lowest BCUT2D eigenvalue weighted by molar-refractivity contribution is 0.356. The Morgan fingerprint density at radius 2 is 1.97 bits per heavy atom. The van der Waals surface area contributed by atoms with Crippen molar-refractivity contribution in [1.82, 2.24) is 8.87 Å². The summed E-state index contributed by atoms with van der Waals surface area (Å²) in [7, 11) is -1.79. The first kappa shape index (κ1) is 18.4. The number of aromatic nitrogens is 1. The number of benzene rings is 2. The van der Waals surface area contributed by atoms with E-state index >= 15 is 0 Å². The molecule has 2 aliphatic heterocycles. The molecule has 2 aliphatic rings. The largest absolute Gasteiger partial charge is 0.493 e. The highest BCUT2D eigenvalue weighted by atomic mass is 32.2. The van der Waals surface area contributed by atoms with Crippen LogP contribution in [0.1, 0.15) is 17.5 Å². The summed E-state index contributed by atoms with van der Waals surface area (Å²) in [6, 6.07) is 9.23. The van der Waals surface area contributed by atoms with Crippen LogP contribution < -0.4 is 4.74 Å². The van der Waals surface area contributed by atoms with Gasteiger partial charge >= 0.3 is 0 Å². The van der Waals surface area contributed by atoms with E-state index in [9.17, 15) is 12.8 Å². The molecule has 7 heteroatoms. The molecule has 0 fully saturated rings. The second-order valence-corrected chi connectivity index (χ2v) is 9.43. The molecule has 0 aliphatic carbocycles. The lowest BCUT2D eigenvalue weighted by Gasteiger charge is -2.21. The van der Waals surface area contributed by atoms with Crippen LogP contribution in [0.4, 0.5) is 4.39 Å². The van der Waals surface area contributed by atoms with Crippen LogP contribution >= 0.6 is 0 Å². The Labute approximate surface area is 169 Å². The van der Waals surface area contributed by atoms with Gasteiger partial charge in [0.1, 0.15) is 11.6 Å². The molecule has 0 atom stereocenters. The zero-order valence-corrected chi connectivity index (χ0v) is 16.9. The quantitative estimate of drug-likeness (QED) is 0.659. The van der Waals surface area contributed by atoms with Crippen LogP contribution in [0.5, 0.6) is 5.75 Å². The molecule has 0 unspecified atom stereocenters. The molecule has 5 nitrogen and oxygen atoms in total. The third-order valence-electron chi connectivity index (χ3n) is 5.71. The molecule has 0 N–H and O–H groups in total. The second kappa shape index (κ2) is 6.71. The van der Waals surface area contributed by atoms with Gasteiger partial charge < -0.3 is 9.64 Å². The fourth-order valence-corrected chi connectivity index (χ4v) is 5.50. The van der Waals surface area contributed by atoms with Crippen molar-refractivity contribution in [1.29, 1.82) is 0 Å². The van der Waals surface area contributed by atoms with Gasteiger partial charge in [0, 0.05) is 36.7 Å². The highest BCUT2D eigenvalue weighted by Gasteiger charge is 2.25. The first-order valence-electron chi connectivity index (χ1n) is 9.63. The van der Waals surface area contributed by atoms with Gasteiger partial charge in [-0.15, -0.1) is 0 Å². The van der Waals surface area contributed by atoms with Gasteiger partial charge in [-0.2, -0.15) is 0 Å². The van der Waals surface area contributed by atoms with Crippen molar-refractivity contribution in [3.8, 4) is 5.75 Å². The summed E-state index contributed by atoms with van der Waals surface area (Å²) in [6.07, 6.45) is 5.22. The number of likely N-dealkylation sites (N-methyl/N-ethyl adjacent to an activating group) is 1. The predicted molar refractivity (Wildman–Crippen MR) is 110 cm³/mol. The molecular weight excluding hydrogens is 391 g/mol. The highest BCUT2D eigenvalue weighted by molar-refractivity contribution is 7.90. The van der Waals surface area contributed by atoms with E-state index in [2.05, 4.69) is 11.0 Å². The zero-order chi connectivity index (χ0) is 20.2. The molecule has 0 amide bonds. The molecule has 3 heterocycles. The van der Waals surface area contributed by atoms with Crippen molar-refractivity contribution in [2.45, 2.75) is 17.7 Å². The summed E-state index contributed by atoms with van der Waals surface area (Å²) in [5.41, 5.74) is 3.21. The number of fused-ring (bicyclic) bond motifs is 2. The van der Waals surface area contributed by atoms with Crippen molar-refractivity contribution in [3.63, 3.8) is 0 Å². The van der Waals surface area contributed by atoms with Crippen molar-refractivity contribution >= 4 is 26.5 Å². The fourth-order valence-electron chi connectivity index (χ4n) is 4.08. The lowest BCUT2D eigenvalue weighted by atomic mass is 9.99. The first-order chi connectivity index (χ1) is 13.9. The Kier molecular flexibility index (Phi) is 4.26. The number of hydrogen-bond acceptors (Lipinski definition) is 4. The van der Waals surface area contributed by atoms with Gasteiger partial charge in [0.05, 0.1) is 17.0 Å². The molecule has 5 rings (SSSR count). The van der Waals surface area contributed by atoms with Crippen molar-refractivity contribution in [3.05, 3.63) is 65.6 Å². The van der Waals surface area contributed by atoms with Crippen LogP contribution in [-0.4, -0.2) is 44.0 Å². The monoisotopic (exact) mass is 412 g/mol. The van der Waals surface area contributed by atoms with Crippen molar-refractivity contribution in [2.75, 3.05) is 26.7 Å². The maximum absolute atomic E-state index is 14.0. The van der Waals surface area contributed by atoms with Crippen LogP contribution in [0.3, 0.4) is 0 Å². The summed E-state index contributed by atoms with van der Waals surface area (Å²) >= 11 is 0. The second-order valence-electron chi connectivity index (χ2n) is 7.61. The highest BCUT2D eigenvalue weighted by Crippen LogP contribution is 2.35. The molecule has 0 saturated carbocycles. The minimum atomic E-state index is -3.83. The normalized spacial score (nSPS) is 17.2. The maximum Gasteiger partial charge on any atom is 0.268 e. The molecule has 0 spiro atoms. The Bertz CT molecular complexity index is 1260. The van der Waals surface area contributed by atoms with Crippen LogP contribution in [0.2, 0.25) is 0 Å². The van der Waals surface area contributed by atoms with E-state index in [1.807, 2.05) is 7.05 Å². The molecule has 3 aromatic rings.